The topological polar surface area (TPSA) is 64.1 Å². The number of benzene rings is 1. The maximum Gasteiger partial charge on any atom is 0.0960 e. The Morgan fingerprint density at radius 3 is 2.42 bits per heavy atom. The summed E-state index contributed by atoms with van der Waals surface area (Å²) in [6.45, 7) is 8.70. The van der Waals surface area contributed by atoms with Gasteiger partial charge in [-0.3, -0.25) is 0 Å². The molecule has 1 aromatic carbocycles. The highest BCUT2D eigenvalue weighted by molar-refractivity contribution is 5.70. The fraction of sp³-hybridized carbons (Fsp3) is 0.600. The van der Waals surface area contributed by atoms with Crippen molar-refractivity contribution >= 4 is 17.1 Å². The van der Waals surface area contributed by atoms with E-state index in [9.17, 15) is 0 Å². The van der Waals surface area contributed by atoms with Crippen molar-refractivity contribution in [1.82, 2.24) is 0 Å². The summed E-state index contributed by atoms with van der Waals surface area (Å²) in [7, 11) is 2.33. The Morgan fingerprint density at radius 1 is 1.16 bits per heavy atom. The highest BCUT2D eigenvalue weighted by Gasteiger charge is 2.25. The van der Waals surface area contributed by atoms with Crippen LogP contribution in [0.25, 0.3) is 0 Å². The first-order chi connectivity index (χ1) is 9.09. The summed E-state index contributed by atoms with van der Waals surface area (Å²) in [6, 6.07) is 5.58. The van der Waals surface area contributed by atoms with Crippen molar-refractivity contribution in [2.24, 2.45) is 0 Å². The summed E-state index contributed by atoms with van der Waals surface area (Å²) >= 11 is 0. The second-order valence-corrected chi connectivity index (χ2v) is 5.27. The van der Waals surface area contributed by atoms with Crippen LogP contribution in [0.2, 0.25) is 0 Å². The average molecular weight is 265 g/mol. The number of nitrogens with zero attached hydrogens (tertiary/aromatic N) is 1. The molecule has 4 nitrogen and oxygen atoms in total. The monoisotopic (exact) mass is 265 g/mol. The van der Waals surface area contributed by atoms with Crippen LogP contribution in [-0.2, 0) is 0 Å². The van der Waals surface area contributed by atoms with E-state index in [0.29, 0.717) is 0 Å². The van der Waals surface area contributed by atoms with Crippen molar-refractivity contribution in [1.29, 1.82) is 0 Å². The summed E-state index contributed by atoms with van der Waals surface area (Å²) in [6.07, 6.45) is 2.72. The van der Waals surface area contributed by atoms with Gasteiger partial charge in [0.15, 0.2) is 0 Å². The molecule has 0 radical (unpaired) electrons. The predicted octanol–water partition coefficient (Wildman–Crippen LogP) is 2.53. The van der Waals surface area contributed by atoms with Crippen molar-refractivity contribution < 1.29 is 4.48 Å². The Labute approximate surface area is 117 Å². The van der Waals surface area contributed by atoms with Crippen molar-refractivity contribution in [2.45, 2.75) is 26.7 Å². The second-order valence-electron chi connectivity index (χ2n) is 5.27. The van der Waals surface area contributed by atoms with Crippen LogP contribution in [-0.4, -0.2) is 37.7 Å². The molecule has 4 heteroatoms. The van der Waals surface area contributed by atoms with Crippen LogP contribution in [0.15, 0.2) is 18.2 Å². The number of anilines is 3. The smallest absolute Gasteiger partial charge is 0.0960 e. The Hall–Kier alpha value is -1.42. The molecule has 5 N–H and O–H groups in total. The summed E-state index contributed by atoms with van der Waals surface area (Å²) < 4.78 is 1.18. The fourth-order valence-corrected chi connectivity index (χ4v) is 2.51. The van der Waals surface area contributed by atoms with Crippen molar-refractivity contribution in [3.8, 4) is 0 Å². The van der Waals surface area contributed by atoms with Gasteiger partial charge in [-0.1, -0.05) is 13.8 Å². The van der Waals surface area contributed by atoms with E-state index in [1.54, 1.807) is 0 Å². The number of nitrogens with two attached hydrogens (primary N) is 2. The van der Waals surface area contributed by atoms with Gasteiger partial charge in [0.05, 0.1) is 44.6 Å². The van der Waals surface area contributed by atoms with E-state index in [-0.39, 0.29) is 0 Å². The van der Waals surface area contributed by atoms with E-state index in [1.165, 1.54) is 30.4 Å². The van der Waals surface area contributed by atoms with Crippen molar-refractivity contribution in [2.75, 3.05) is 50.0 Å². The Balaban J connectivity index is 0.000000861. The fourth-order valence-electron chi connectivity index (χ4n) is 2.51. The number of likely N-dealkylation sites (tertiary alicyclic amines) is 1. The molecule has 1 aromatic rings. The van der Waals surface area contributed by atoms with Crippen LogP contribution < -0.4 is 16.8 Å². The minimum atomic E-state index is 0.753. The number of nitrogen functional groups attached to an aromatic ring is 2. The highest BCUT2D eigenvalue weighted by Crippen LogP contribution is 2.21. The molecule has 1 heterocycles. The summed E-state index contributed by atoms with van der Waals surface area (Å²) in [5.74, 6) is 0. The SMILES string of the molecule is CC.C[N+]1(CCNc2cc(N)ccc2N)CCCC1. The van der Waals surface area contributed by atoms with Crippen LogP contribution in [0.3, 0.4) is 0 Å². The number of rotatable bonds is 4. The number of hydrogen-bond acceptors (Lipinski definition) is 3. The third-order valence-corrected chi connectivity index (χ3v) is 3.69. The molecule has 0 amide bonds. The van der Waals surface area contributed by atoms with Gasteiger partial charge in [-0.25, -0.2) is 0 Å². The maximum atomic E-state index is 5.89. The number of nitrogens with one attached hydrogen (secondary N) is 1. The van der Waals surface area contributed by atoms with Gasteiger partial charge in [0.1, 0.15) is 0 Å². The van der Waals surface area contributed by atoms with Crippen LogP contribution >= 0.6 is 0 Å². The zero-order valence-corrected chi connectivity index (χ0v) is 12.6. The molecule has 2 rings (SSSR count). The lowest BCUT2D eigenvalue weighted by molar-refractivity contribution is -0.895. The molecule has 0 aromatic heterocycles. The van der Waals surface area contributed by atoms with Gasteiger partial charge in [-0.15, -0.1) is 0 Å². The van der Waals surface area contributed by atoms with Gasteiger partial charge >= 0.3 is 0 Å². The Bertz CT molecular complexity index is 384. The van der Waals surface area contributed by atoms with E-state index in [1.807, 2.05) is 32.0 Å². The van der Waals surface area contributed by atoms with E-state index < -0.39 is 0 Å². The van der Waals surface area contributed by atoms with Gasteiger partial charge in [-0.05, 0) is 18.2 Å². The van der Waals surface area contributed by atoms with Crippen LogP contribution in [0.1, 0.15) is 26.7 Å². The maximum absolute atomic E-state index is 5.89. The molecule has 1 aliphatic rings. The van der Waals surface area contributed by atoms with Gasteiger partial charge in [0, 0.05) is 18.5 Å². The molecule has 1 saturated heterocycles. The first-order valence-electron chi connectivity index (χ1n) is 7.31. The first kappa shape index (κ1) is 15.6. The van der Waals surface area contributed by atoms with E-state index >= 15 is 0 Å². The lowest BCUT2D eigenvalue weighted by atomic mass is 10.2. The van der Waals surface area contributed by atoms with Crippen LogP contribution in [0, 0.1) is 0 Å². The standard InChI is InChI=1S/C13H23N4.C2H6/c1-17(7-2-3-8-17)9-6-16-13-10-11(14)4-5-12(13)15;1-2/h4-5,10,16H,2-3,6-9,14-15H2,1H3;1-2H3/q+1;. The van der Waals surface area contributed by atoms with Crippen LogP contribution in [0.4, 0.5) is 17.1 Å². The minimum Gasteiger partial charge on any atom is -0.399 e. The molecule has 0 unspecified atom stereocenters. The van der Waals surface area contributed by atoms with Crippen molar-refractivity contribution in [3.63, 3.8) is 0 Å². The van der Waals surface area contributed by atoms with Crippen LogP contribution in [0.5, 0.6) is 0 Å². The molecule has 0 saturated carbocycles. The summed E-state index contributed by atoms with van der Waals surface area (Å²) in [5, 5.41) is 3.39. The molecule has 1 aliphatic heterocycles. The normalized spacial score (nSPS) is 16.6. The minimum absolute atomic E-state index is 0.753. The third kappa shape index (κ3) is 4.63. The summed E-state index contributed by atoms with van der Waals surface area (Å²) in [5.41, 5.74) is 14.1. The number of hydrogen-bond donors (Lipinski definition) is 3. The lowest BCUT2D eigenvalue weighted by Crippen LogP contribution is -2.44. The summed E-state index contributed by atoms with van der Waals surface area (Å²) in [4.78, 5) is 0. The van der Waals surface area contributed by atoms with Gasteiger partial charge in [-0.2, -0.15) is 0 Å². The molecule has 0 atom stereocenters. The molecule has 0 bridgehead atoms. The number of quaternary nitrogens is 1. The number of likely N-dealkylation sites (N-methyl/N-ethyl adjacent to an activating group) is 1. The highest BCUT2D eigenvalue weighted by atomic mass is 15.3. The van der Waals surface area contributed by atoms with Gasteiger partial charge in [0.25, 0.3) is 0 Å². The zero-order valence-electron chi connectivity index (χ0n) is 12.6. The first-order valence-corrected chi connectivity index (χ1v) is 7.31. The molecule has 0 spiro atoms. The van der Waals surface area contributed by atoms with Gasteiger partial charge in [0.2, 0.25) is 0 Å². The quantitative estimate of drug-likeness (QED) is 0.579. The second kappa shape index (κ2) is 7.24. The largest absolute Gasteiger partial charge is 0.399 e. The molecule has 1 fully saturated rings. The average Bonchev–Trinajstić information content (AvgIpc) is 2.83. The zero-order chi connectivity index (χ0) is 14.3. The Kier molecular flexibility index (Phi) is 5.96. The lowest BCUT2D eigenvalue weighted by Gasteiger charge is -2.29. The molecular weight excluding hydrogens is 236 g/mol. The molecule has 108 valence electrons. The van der Waals surface area contributed by atoms with E-state index in [0.717, 1.165) is 30.2 Å². The third-order valence-electron chi connectivity index (χ3n) is 3.69. The predicted molar refractivity (Wildman–Crippen MR) is 85.1 cm³/mol. The molecule has 0 aliphatic carbocycles. The van der Waals surface area contributed by atoms with E-state index in [2.05, 4.69) is 12.4 Å². The molecular formula is C15H29N4+. The van der Waals surface area contributed by atoms with Crippen molar-refractivity contribution in [3.05, 3.63) is 18.2 Å². The Morgan fingerprint density at radius 2 is 1.79 bits per heavy atom. The van der Waals surface area contributed by atoms with Gasteiger partial charge < -0.3 is 21.3 Å². The molecule has 19 heavy (non-hydrogen) atoms. The van der Waals surface area contributed by atoms with E-state index in [4.69, 9.17) is 11.5 Å².